The van der Waals surface area contributed by atoms with E-state index >= 15 is 0 Å². The van der Waals surface area contributed by atoms with E-state index in [-0.39, 0.29) is 28.4 Å². The van der Waals surface area contributed by atoms with Gasteiger partial charge in [-0.2, -0.15) is 0 Å². The number of Topliss-reactive ketones (excluding diaryl/α,β-unsaturated/α-hetero) is 1. The third-order valence-corrected chi connectivity index (χ3v) is 4.53. The molecule has 7 heteroatoms. The minimum absolute atomic E-state index is 0.0299. The Morgan fingerprint density at radius 3 is 2.10 bits per heavy atom. The average Bonchev–Trinajstić information content (AvgIpc) is 2.66. The van der Waals surface area contributed by atoms with Crippen LogP contribution in [0.3, 0.4) is 0 Å². The van der Waals surface area contributed by atoms with Crippen LogP contribution in [0.15, 0.2) is 24.3 Å². The predicted octanol–water partition coefficient (Wildman–Crippen LogP) is 4.11. The molecule has 0 saturated heterocycles. The minimum Gasteiger partial charge on any atom is -0.507 e. The van der Waals surface area contributed by atoms with Gasteiger partial charge in [0, 0.05) is 17.5 Å². The molecule has 2 aromatic rings. The Morgan fingerprint density at radius 1 is 0.931 bits per heavy atom. The first-order valence-electron chi connectivity index (χ1n) is 9.45. The molecule has 3 N–H and O–H groups in total. The van der Waals surface area contributed by atoms with Crippen LogP contribution in [0, 0.1) is 6.92 Å². The summed E-state index contributed by atoms with van der Waals surface area (Å²) in [5, 5.41) is 29.3. The summed E-state index contributed by atoms with van der Waals surface area (Å²) in [6.07, 6.45) is 1.92. The van der Waals surface area contributed by atoms with Crippen LogP contribution in [-0.2, 0) is 6.42 Å². The molecule has 0 amide bonds. The molecule has 0 aromatic heterocycles. The largest absolute Gasteiger partial charge is 0.507 e. The summed E-state index contributed by atoms with van der Waals surface area (Å²) < 4.78 is 11.4. The molecule has 0 unspecified atom stereocenters. The quantitative estimate of drug-likeness (QED) is 0.405. The van der Waals surface area contributed by atoms with E-state index in [0.29, 0.717) is 48.7 Å². The predicted molar refractivity (Wildman–Crippen MR) is 108 cm³/mol. The SMILES string of the molecule is CCCc1c(OCCCOc2ccc(C(=O)O)c(O)c2C)ccc(C(C)=O)c1O. The number of carbonyl (C=O) groups excluding carboxylic acids is 1. The van der Waals surface area contributed by atoms with Crippen molar-refractivity contribution in [1.29, 1.82) is 0 Å². The number of carboxylic acids is 1. The summed E-state index contributed by atoms with van der Waals surface area (Å²) in [6, 6.07) is 6.05. The van der Waals surface area contributed by atoms with Gasteiger partial charge in [-0.1, -0.05) is 13.3 Å². The Hall–Kier alpha value is -3.22. The second kappa shape index (κ2) is 9.82. The highest BCUT2D eigenvalue weighted by atomic mass is 16.5. The number of carboxylic acid groups (broad SMARTS) is 1. The summed E-state index contributed by atoms with van der Waals surface area (Å²) in [6.45, 7) is 5.60. The molecule has 0 radical (unpaired) electrons. The van der Waals surface area contributed by atoms with Crippen molar-refractivity contribution in [3.63, 3.8) is 0 Å². The van der Waals surface area contributed by atoms with E-state index in [1.54, 1.807) is 19.1 Å². The molecule has 2 aromatic carbocycles. The molecule has 0 aliphatic rings. The summed E-state index contributed by atoms with van der Waals surface area (Å²) in [5.41, 5.74) is 1.09. The topological polar surface area (TPSA) is 113 Å². The summed E-state index contributed by atoms with van der Waals surface area (Å²) in [4.78, 5) is 22.6. The van der Waals surface area contributed by atoms with Crippen LogP contribution in [0.4, 0.5) is 0 Å². The number of phenolic OH excluding ortho intramolecular Hbond substituents is 1. The number of hydrogen-bond donors (Lipinski definition) is 3. The lowest BCUT2D eigenvalue weighted by Gasteiger charge is -2.15. The van der Waals surface area contributed by atoms with Crippen molar-refractivity contribution in [2.24, 2.45) is 0 Å². The summed E-state index contributed by atoms with van der Waals surface area (Å²) in [7, 11) is 0. The molecule has 2 rings (SSSR count). The van der Waals surface area contributed by atoms with E-state index in [1.165, 1.54) is 19.1 Å². The van der Waals surface area contributed by atoms with Crippen molar-refractivity contribution in [1.82, 2.24) is 0 Å². The number of hydrogen-bond acceptors (Lipinski definition) is 6. The molecule has 0 spiro atoms. The van der Waals surface area contributed by atoms with Crippen molar-refractivity contribution < 1.29 is 34.4 Å². The van der Waals surface area contributed by atoms with Gasteiger partial charge in [0.1, 0.15) is 28.6 Å². The molecule has 0 atom stereocenters. The van der Waals surface area contributed by atoms with E-state index in [1.807, 2.05) is 6.92 Å². The van der Waals surface area contributed by atoms with E-state index in [9.17, 15) is 19.8 Å². The van der Waals surface area contributed by atoms with Gasteiger partial charge in [-0.15, -0.1) is 0 Å². The molecule has 0 aliphatic heterocycles. The average molecular weight is 402 g/mol. The van der Waals surface area contributed by atoms with Crippen LogP contribution >= 0.6 is 0 Å². The number of rotatable bonds is 10. The first-order chi connectivity index (χ1) is 13.8. The third-order valence-electron chi connectivity index (χ3n) is 4.53. The highest BCUT2D eigenvalue weighted by Crippen LogP contribution is 2.33. The minimum atomic E-state index is -1.20. The number of phenols is 2. The molecule has 29 heavy (non-hydrogen) atoms. The molecule has 0 bridgehead atoms. The van der Waals surface area contributed by atoms with Crippen LogP contribution in [0.2, 0.25) is 0 Å². The van der Waals surface area contributed by atoms with Gasteiger partial charge in [0.25, 0.3) is 0 Å². The van der Waals surface area contributed by atoms with Crippen molar-refractivity contribution >= 4 is 11.8 Å². The monoisotopic (exact) mass is 402 g/mol. The smallest absolute Gasteiger partial charge is 0.339 e. The van der Waals surface area contributed by atoms with E-state index in [4.69, 9.17) is 14.6 Å². The zero-order chi connectivity index (χ0) is 21.6. The lowest BCUT2D eigenvalue weighted by atomic mass is 10.0. The Balaban J connectivity index is 1.96. The maximum atomic E-state index is 11.6. The highest BCUT2D eigenvalue weighted by Gasteiger charge is 2.16. The number of benzene rings is 2. The van der Waals surface area contributed by atoms with Crippen molar-refractivity contribution in [2.75, 3.05) is 13.2 Å². The second-order valence-electron chi connectivity index (χ2n) is 6.69. The highest BCUT2D eigenvalue weighted by molar-refractivity contribution is 5.97. The fourth-order valence-corrected chi connectivity index (χ4v) is 2.96. The first kappa shape index (κ1) is 22.1. The van der Waals surface area contributed by atoms with Gasteiger partial charge in [-0.3, -0.25) is 4.79 Å². The van der Waals surface area contributed by atoms with E-state index in [2.05, 4.69) is 0 Å². The third kappa shape index (κ3) is 5.19. The first-order valence-corrected chi connectivity index (χ1v) is 9.45. The number of aromatic hydroxyl groups is 2. The van der Waals surface area contributed by atoms with Gasteiger partial charge >= 0.3 is 5.97 Å². The molecule has 0 aliphatic carbocycles. The molecular formula is C22H26O7. The van der Waals surface area contributed by atoms with Crippen molar-refractivity contribution in [2.45, 2.75) is 40.0 Å². The van der Waals surface area contributed by atoms with Crippen LogP contribution < -0.4 is 9.47 Å². The van der Waals surface area contributed by atoms with Crippen molar-refractivity contribution in [3.8, 4) is 23.0 Å². The summed E-state index contributed by atoms with van der Waals surface area (Å²) in [5.74, 6) is -0.800. The maximum Gasteiger partial charge on any atom is 0.339 e. The maximum absolute atomic E-state index is 11.6. The van der Waals surface area contributed by atoms with Crippen LogP contribution in [-0.4, -0.2) is 40.3 Å². The van der Waals surface area contributed by atoms with Gasteiger partial charge in [-0.05, 0) is 44.5 Å². The Bertz CT molecular complexity index is 903. The van der Waals surface area contributed by atoms with Crippen LogP contribution in [0.5, 0.6) is 23.0 Å². The lowest BCUT2D eigenvalue weighted by Crippen LogP contribution is -2.08. The Morgan fingerprint density at radius 2 is 1.52 bits per heavy atom. The molecule has 0 fully saturated rings. The van der Waals surface area contributed by atoms with Gasteiger partial charge in [-0.25, -0.2) is 4.79 Å². The molecule has 7 nitrogen and oxygen atoms in total. The molecular weight excluding hydrogens is 376 g/mol. The van der Waals surface area contributed by atoms with Crippen LogP contribution in [0.25, 0.3) is 0 Å². The van der Waals surface area contributed by atoms with E-state index in [0.717, 1.165) is 6.42 Å². The fourth-order valence-electron chi connectivity index (χ4n) is 2.96. The Labute approximate surface area is 169 Å². The Kier molecular flexibility index (Phi) is 7.47. The van der Waals surface area contributed by atoms with Crippen molar-refractivity contribution in [3.05, 3.63) is 46.5 Å². The van der Waals surface area contributed by atoms with E-state index < -0.39 is 5.97 Å². The van der Waals surface area contributed by atoms with Gasteiger partial charge in [0.05, 0.1) is 18.8 Å². The molecule has 0 saturated carbocycles. The molecule has 0 heterocycles. The summed E-state index contributed by atoms with van der Waals surface area (Å²) >= 11 is 0. The zero-order valence-corrected chi connectivity index (χ0v) is 16.8. The van der Waals surface area contributed by atoms with Crippen LogP contribution in [0.1, 0.15) is 58.5 Å². The van der Waals surface area contributed by atoms with Gasteiger partial charge in [0.2, 0.25) is 0 Å². The molecule has 156 valence electrons. The lowest BCUT2D eigenvalue weighted by molar-refractivity contribution is 0.0693. The van der Waals surface area contributed by atoms with Gasteiger partial charge < -0.3 is 24.8 Å². The number of ether oxygens (including phenoxy) is 2. The number of ketones is 1. The number of carbonyl (C=O) groups is 2. The standard InChI is InChI=1S/C22H26O7/c1-4-6-16-19(10-7-15(14(3)23)21(16)25)29-12-5-11-28-18-9-8-17(22(26)27)20(24)13(18)2/h7-10,24-25H,4-6,11-12H2,1-3H3,(H,26,27). The normalized spacial score (nSPS) is 10.6. The second-order valence-corrected chi connectivity index (χ2v) is 6.69. The van der Waals surface area contributed by atoms with Gasteiger partial charge in [0.15, 0.2) is 5.78 Å². The zero-order valence-electron chi connectivity index (χ0n) is 16.8. The fraction of sp³-hybridized carbons (Fsp3) is 0.364. The number of aromatic carboxylic acids is 1.